The van der Waals surface area contributed by atoms with Gasteiger partial charge in [-0.05, 0) is 57.1 Å². The Bertz CT molecular complexity index is 866. The Morgan fingerprint density at radius 3 is 2.77 bits per heavy atom. The second-order valence-corrected chi connectivity index (χ2v) is 7.99. The molecule has 0 spiro atoms. The minimum Gasteiger partial charge on any atom is -0.496 e. The molecule has 4 rings (SSSR count). The Morgan fingerprint density at radius 1 is 1.29 bits per heavy atom. The number of guanidine groups is 1. The highest BCUT2D eigenvalue weighted by molar-refractivity contribution is 14.0. The van der Waals surface area contributed by atoms with E-state index in [0.717, 1.165) is 54.8 Å². The van der Waals surface area contributed by atoms with E-state index in [1.165, 1.54) is 18.4 Å². The summed E-state index contributed by atoms with van der Waals surface area (Å²) in [6.07, 6.45) is 5.36. The topological polar surface area (TPSA) is 71.3 Å². The van der Waals surface area contributed by atoms with Crippen molar-refractivity contribution < 1.29 is 13.9 Å². The van der Waals surface area contributed by atoms with Crippen LogP contribution in [0.2, 0.25) is 0 Å². The van der Waals surface area contributed by atoms with Gasteiger partial charge < -0.3 is 24.5 Å². The van der Waals surface area contributed by atoms with E-state index in [-0.39, 0.29) is 36.1 Å². The van der Waals surface area contributed by atoms with Gasteiger partial charge in [0.2, 0.25) is 0 Å². The lowest BCUT2D eigenvalue weighted by atomic mass is 10.1. The largest absolute Gasteiger partial charge is 0.496 e. The van der Waals surface area contributed by atoms with Crippen LogP contribution in [0.3, 0.4) is 0 Å². The molecule has 1 fully saturated rings. The minimum absolute atomic E-state index is 0. The standard InChI is InChI=1S/C23H32N4O3.HI/c1-16-11-17-12-21(28-3)18(13-22(17)30-16)14-25-23(24-2)26-15-19(20-7-6-10-29-20)27-8-4-5-9-27;/h6-7,10,12-13,16,19H,4-5,8-9,11,14-15H2,1-3H3,(H2,24,25,26);1H. The van der Waals surface area contributed by atoms with Gasteiger partial charge in [-0.1, -0.05) is 0 Å². The van der Waals surface area contributed by atoms with Crippen LogP contribution in [0.4, 0.5) is 0 Å². The summed E-state index contributed by atoms with van der Waals surface area (Å²) >= 11 is 0. The summed E-state index contributed by atoms with van der Waals surface area (Å²) < 4.78 is 17.2. The Labute approximate surface area is 201 Å². The molecular weight excluding hydrogens is 507 g/mol. The van der Waals surface area contributed by atoms with Crippen LogP contribution < -0.4 is 20.1 Å². The molecular formula is C23H33IN4O3. The number of methoxy groups -OCH3 is 1. The van der Waals surface area contributed by atoms with Gasteiger partial charge in [0.15, 0.2) is 5.96 Å². The van der Waals surface area contributed by atoms with Gasteiger partial charge in [-0.2, -0.15) is 0 Å². The molecule has 0 aliphatic carbocycles. The first kappa shape index (κ1) is 23.7. The number of fused-ring (bicyclic) bond motifs is 1. The summed E-state index contributed by atoms with van der Waals surface area (Å²) in [7, 11) is 3.50. The van der Waals surface area contributed by atoms with E-state index in [1.807, 2.05) is 6.07 Å². The van der Waals surface area contributed by atoms with Crippen molar-refractivity contribution in [2.45, 2.75) is 44.9 Å². The van der Waals surface area contributed by atoms with Crippen molar-refractivity contribution in [3.63, 3.8) is 0 Å². The third kappa shape index (κ3) is 5.65. The van der Waals surface area contributed by atoms with Crippen LogP contribution in [0, 0.1) is 0 Å². The molecule has 3 heterocycles. The van der Waals surface area contributed by atoms with Crippen molar-refractivity contribution in [2.24, 2.45) is 4.99 Å². The Balaban J connectivity index is 0.00000272. The third-order valence-electron chi connectivity index (χ3n) is 5.88. The number of rotatable bonds is 7. The van der Waals surface area contributed by atoms with Crippen LogP contribution >= 0.6 is 24.0 Å². The van der Waals surface area contributed by atoms with Crippen molar-refractivity contribution in [3.8, 4) is 11.5 Å². The van der Waals surface area contributed by atoms with Gasteiger partial charge in [-0.25, -0.2) is 0 Å². The highest BCUT2D eigenvalue weighted by Crippen LogP contribution is 2.35. The molecule has 170 valence electrons. The van der Waals surface area contributed by atoms with Crippen LogP contribution in [0.15, 0.2) is 39.9 Å². The number of halogens is 1. The molecule has 0 amide bonds. The van der Waals surface area contributed by atoms with Crippen LogP contribution in [-0.2, 0) is 13.0 Å². The predicted molar refractivity (Wildman–Crippen MR) is 133 cm³/mol. The summed E-state index contributed by atoms with van der Waals surface area (Å²) in [6, 6.07) is 8.37. The van der Waals surface area contributed by atoms with Crippen LogP contribution in [0.5, 0.6) is 11.5 Å². The molecule has 2 aliphatic rings. The molecule has 2 atom stereocenters. The molecule has 0 bridgehead atoms. The summed E-state index contributed by atoms with van der Waals surface area (Å²) in [4.78, 5) is 6.87. The lowest BCUT2D eigenvalue weighted by Gasteiger charge is -2.26. The van der Waals surface area contributed by atoms with Crippen molar-refractivity contribution in [1.82, 2.24) is 15.5 Å². The first-order valence-corrected chi connectivity index (χ1v) is 10.8. The van der Waals surface area contributed by atoms with E-state index >= 15 is 0 Å². The SMILES string of the molecule is CN=C(NCc1cc2c(cc1OC)CC(C)O2)NCC(c1ccco1)N1CCCC1.I. The van der Waals surface area contributed by atoms with Gasteiger partial charge in [-0.15, -0.1) is 24.0 Å². The second-order valence-electron chi connectivity index (χ2n) is 7.99. The van der Waals surface area contributed by atoms with Crippen LogP contribution in [0.1, 0.15) is 42.7 Å². The van der Waals surface area contributed by atoms with Gasteiger partial charge in [0.25, 0.3) is 0 Å². The maximum atomic E-state index is 5.91. The van der Waals surface area contributed by atoms with Gasteiger partial charge in [0.1, 0.15) is 23.4 Å². The molecule has 2 N–H and O–H groups in total. The van der Waals surface area contributed by atoms with Gasteiger partial charge in [-0.3, -0.25) is 9.89 Å². The Hall–Kier alpha value is -1.94. The molecule has 31 heavy (non-hydrogen) atoms. The molecule has 1 aromatic carbocycles. The lowest BCUT2D eigenvalue weighted by molar-refractivity contribution is 0.215. The molecule has 2 aromatic rings. The maximum absolute atomic E-state index is 5.91. The molecule has 1 aromatic heterocycles. The van der Waals surface area contributed by atoms with Gasteiger partial charge >= 0.3 is 0 Å². The first-order chi connectivity index (χ1) is 14.7. The highest BCUT2D eigenvalue weighted by atomic mass is 127. The number of nitrogens with zero attached hydrogens (tertiary/aromatic N) is 2. The quantitative estimate of drug-likeness (QED) is 0.317. The fourth-order valence-corrected chi connectivity index (χ4v) is 4.35. The summed E-state index contributed by atoms with van der Waals surface area (Å²) in [5.41, 5.74) is 2.26. The van der Waals surface area contributed by atoms with Crippen LogP contribution in [-0.4, -0.2) is 50.8 Å². The third-order valence-corrected chi connectivity index (χ3v) is 5.88. The Kier molecular flexibility index (Phi) is 8.48. The fourth-order valence-electron chi connectivity index (χ4n) is 4.35. The number of ether oxygens (including phenoxy) is 2. The first-order valence-electron chi connectivity index (χ1n) is 10.8. The van der Waals surface area contributed by atoms with Crippen LogP contribution in [0.25, 0.3) is 0 Å². The molecule has 0 radical (unpaired) electrons. The second kappa shape index (κ2) is 11.1. The van der Waals surface area contributed by atoms with E-state index in [0.29, 0.717) is 6.54 Å². The monoisotopic (exact) mass is 540 g/mol. The lowest BCUT2D eigenvalue weighted by Crippen LogP contribution is -2.42. The number of likely N-dealkylation sites (tertiary alicyclic amines) is 1. The van der Waals surface area contributed by atoms with E-state index in [9.17, 15) is 0 Å². The summed E-state index contributed by atoms with van der Waals surface area (Å²) in [5, 5.41) is 6.88. The number of furan rings is 1. The van der Waals surface area contributed by atoms with E-state index < -0.39 is 0 Å². The van der Waals surface area contributed by atoms with Gasteiger partial charge in [0, 0.05) is 37.7 Å². The van der Waals surface area contributed by atoms with E-state index in [1.54, 1.807) is 20.4 Å². The Morgan fingerprint density at radius 2 is 2.10 bits per heavy atom. The smallest absolute Gasteiger partial charge is 0.191 e. The minimum atomic E-state index is 0. The molecule has 8 heteroatoms. The zero-order valence-electron chi connectivity index (χ0n) is 18.5. The zero-order valence-corrected chi connectivity index (χ0v) is 20.8. The number of aliphatic imine (C=N–C) groups is 1. The number of nitrogens with one attached hydrogen (secondary N) is 2. The van der Waals surface area contributed by atoms with Crippen molar-refractivity contribution >= 4 is 29.9 Å². The number of benzene rings is 1. The van der Waals surface area contributed by atoms with E-state index in [2.05, 4.69) is 45.6 Å². The number of hydrogen-bond donors (Lipinski definition) is 2. The molecule has 2 aliphatic heterocycles. The highest BCUT2D eigenvalue weighted by Gasteiger charge is 2.26. The van der Waals surface area contributed by atoms with Gasteiger partial charge in [0.05, 0.1) is 19.4 Å². The molecule has 0 saturated carbocycles. The number of hydrogen-bond acceptors (Lipinski definition) is 5. The molecule has 1 saturated heterocycles. The normalized spacial score (nSPS) is 19.3. The zero-order chi connectivity index (χ0) is 20.9. The van der Waals surface area contributed by atoms with Crippen molar-refractivity contribution in [2.75, 3.05) is 33.8 Å². The summed E-state index contributed by atoms with van der Waals surface area (Å²) in [5.74, 6) is 3.57. The molecule has 2 unspecified atom stereocenters. The van der Waals surface area contributed by atoms with Crippen molar-refractivity contribution in [3.05, 3.63) is 47.4 Å². The average molecular weight is 540 g/mol. The summed E-state index contributed by atoms with van der Waals surface area (Å²) in [6.45, 7) is 5.62. The van der Waals surface area contributed by atoms with E-state index in [4.69, 9.17) is 13.9 Å². The average Bonchev–Trinajstić information content (AvgIpc) is 3.51. The molecule has 7 nitrogen and oxygen atoms in total. The van der Waals surface area contributed by atoms with Crippen molar-refractivity contribution in [1.29, 1.82) is 0 Å². The fraction of sp³-hybridized carbons (Fsp3) is 0.522. The maximum Gasteiger partial charge on any atom is 0.191 e. The predicted octanol–water partition coefficient (Wildman–Crippen LogP) is 3.73.